The standard InChI is InChI=1S/C11H13ClO/c1-7-4-5-10(8(2)6-7)11(13)9(3)12/h4-6,9H,1-3H3/t9-/m1/s1. The lowest BCUT2D eigenvalue weighted by Gasteiger charge is -2.06. The average molecular weight is 197 g/mol. The largest absolute Gasteiger partial charge is 0.293 e. The number of halogens is 1. The zero-order valence-corrected chi connectivity index (χ0v) is 8.85. The van der Waals surface area contributed by atoms with E-state index in [1.54, 1.807) is 6.92 Å². The highest BCUT2D eigenvalue weighted by molar-refractivity contribution is 6.33. The smallest absolute Gasteiger partial charge is 0.180 e. The summed E-state index contributed by atoms with van der Waals surface area (Å²) in [6, 6.07) is 5.76. The molecule has 13 heavy (non-hydrogen) atoms. The van der Waals surface area contributed by atoms with Gasteiger partial charge in [0, 0.05) is 5.56 Å². The van der Waals surface area contributed by atoms with E-state index in [-0.39, 0.29) is 5.78 Å². The molecular formula is C11H13ClO. The maximum Gasteiger partial charge on any atom is 0.180 e. The van der Waals surface area contributed by atoms with Crippen molar-refractivity contribution in [2.75, 3.05) is 0 Å². The van der Waals surface area contributed by atoms with E-state index in [1.807, 2.05) is 32.0 Å². The van der Waals surface area contributed by atoms with Gasteiger partial charge < -0.3 is 0 Å². The Kier molecular flexibility index (Phi) is 3.10. The minimum atomic E-state index is -0.443. The molecule has 1 aromatic carbocycles. The first kappa shape index (κ1) is 10.3. The second-order valence-electron chi connectivity index (χ2n) is 3.30. The molecule has 0 amide bonds. The van der Waals surface area contributed by atoms with Crippen LogP contribution in [0.15, 0.2) is 18.2 Å². The van der Waals surface area contributed by atoms with Crippen molar-refractivity contribution in [1.82, 2.24) is 0 Å². The van der Waals surface area contributed by atoms with Crippen molar-refractivity contribution >= 4 is 17.4 Å². The Balaban J connectivity index is 3.09. The predicted octanol–water partition coefficient (Wildman–Crippen LogP) is 3.11. The lowest BCUT2D eigenvalue weighted by Crippen LogP contribution is -2.11. The molecule has 0 unspecified atom stereocenters. The Labute approximate surface area is 83.7 Å². The van der Waals surface area contributed by atoms with E-state index in [1.165, 1.54) is 0 Å². The van der Waals surface area contributed by atoms with E-state index in [2.05, 4.69) is 0 Å². The summed E-state index contributed by atoms with van der Waals surface area (Å²) in [5.74, 6) is -0.000772. The Morgan fingerprint density at radius 2 is 2.00 bits per heavy atom. The Morgan fingerprint density at radius 1 is 1.38 bits per heavy atom. The van der Waals surface area contributed by atoms with E-state index in [9.17, 15) is 4.79 Å². The number of aryl methyl sites for hydroxylation is 2. The number of ketones is 1. The fraction of sp³-hybridized carbons (Fsp3) is 0.364. The second-order valence-corrected chi connectivity index (χ2v) is 3.95. The molecule has 0 aromatic heterocycles. The minimum Gasteiger partial charge on any atom is -0.293 e. The number of carbonyl (C=O) groups is 1. The molecule has 0 spiro atoms. The SMILES string of the molecule is Cc1ccc(C(=O)[C@@H](C)Cl)c(C)c1. The van der Waals surface area contributed by atoms with Gasteiger partial charge >= 0.3 is 0 Å². The van der Waals surface area contributed by atoms with Crippen molar-refractivity contribution in [3.8, 4) is 0 Å². The molecule has 0 saturated heterocycles. The van der Waals surface area contributed by atoms with Crippen LogP contribution in [0.1, 0.15) is 28.4 Å². The van der Waals surface area contributed by atoms with E-state index in [0.29, 0.717) is 0 Å². The molecule has 70 valence electrons. The number of Topliss-reactive ketones (excluding diaryl/α,β-unsaturated/α-hetero) is 1. The topological polar surface area (TPSA) is 17.1 Å². The third-order valence-electron chi connectivity index (χ3n) is 2.01. The number of alkyl halides is 1. The molecule has 1 rings (SSSR count). The molecule has 0 radical (unpaired) electrons. The van der Waals surface area contributed by atoms with Gasteiger partial charge in [-0.2, -0.15) is 0 Å². The van der Waals surface area contributed by atoms with Gasteiger partial charge in [-0.1, -0.05) is 23.8 Å². The van der Waals surface area contributed by atoms with Gasteiger partial charge in [-0.3, -0.25) is 4.79 Å². The highest BCUT2D eigenvalue weighted by Gasteiger charge is 2.13. The van der Waals surface area contributed by atoms with E-state index in [0.717, 1.165) is 16.7 Å². The quantitative estimate of drug-likeness (QED) is 0.525. The van der Waals surface area contributed by atoms with Gasteiger partial charge in [0.05, 0.1) is 5.38 Å². The molecule has 0 aliphatic carbocycles. The average Bonchev–Trinajstić information content (AvgIpc) is 2.03. The maximum atomic E-state index is 11.5. The molecule has 0 heterocycles. The number of hydrogen-bond acceptors (Lipinski definition) is 1. The van der Waals surface area contributed by atoms with Crippen LogP contribution in [0, 0.1) is 13.8 Å². The molecular weight excluding hydrogens is 184 g/mol. The van der Waals surface area contributed by atoms with Crippen LogP contribution in [-0.2, 0) is 0 Å². The Morgan fingerprint density at radius 3 is 2.46 bits per heavy atom. The lowest BCUT2D eigenvalue weighted by atomic mass is 10.0. The molecule has 0 aliphatic rings. The van der Waals surface area contributed by atoms with E-state index in [4.69, 9.17) is 11.6 Å². The number of rotatable bonds is 2. The van der Waals surface area contributed by atoms with Gasteiger partial charge in [0.2, 0.25) is 0 Å². The van der Waals surface area contributed by atoms with Crippen LogP contribution in [0.25, 0.3) is 0 Å². The van der Waals surface area contributed by atoms with Crippen molar-refractivity contribution in [3.05, 3.63) is 34.9 Å². The number of carbonyl (C=O) groups excluding carboxylic acids is 1. The summed E-state index contributed by atoms with van der Waals surface area (Å²) in [5.41, 5.74) is 2.89. The summed E-state index contributed by atoms with van der Waals surface area (Å²) in [7, 11) is 0. The summed E-state index contributed by atoms with van der Waals surface area (Å²) in [4.78, 5) is 11.5. The third-order valence-corrected chi connectivity index (χ3v) is 2.21. The molecule has 2 heteroatoms. The van der Waals surface area contributed by atoms with Gasteiger partial charge in [-0.15, -0.1) is 11.6 Å². The number of hydrogen-bond donors (Lipinski definition) is 0. The minimum absolute atomic E-state index is 0.000772. The molecule has 1 atom stereocenters. The highest BCUT2D eigenvalue weighted by atomic mass is 35.5. The summed E-state index contributed by atoms with van der Waals surface area (Å²) in [6.45, 7) is 5.63. The molecule has 0 bridgehead atoms. The molecule has 1 nitrogen and oxygen atoms in total. The van der Waals surface area contributed by atoms with Crippen molar-refractivity contribution in [3.63, 3.8) is 0 Å². The van der Waals surface area contributed by atoms with Crippen LogP contribution < -0.4 is 0 Å². The Bertz CT molecular complexity index is 329. The molecule has 0 saturated carbocycles. The predicted molar refractivity (Wildman–Crippen MR) is 55.6 cm³/mol. The second kappa shape index (κ2) is 3.93. The summed E-state index contributed by atoms with van der Waals surface area (Å²) in [6.07, 6.45) is 0. The number of benzene rings is 1. The van der Waals surface area contributed by atoms with Crippen LogP contribution in [0.5, 0.6) is 0 Å². The lowest BCUT2D eigenvalue weighted by molar-refractivity contribution is 0.0991. The van der Waals surface area contributed by atoms with Crippen LogP contribution in [0.3, 0.4) is 0 Å². The van der Waals surface area contributed by atoms with Crippen molar-refractivity contribution in [2.45, 2.75) is 26.1 Å². The van der Waals surface area contributed by atoms with Gasteiger partial charge in [0.15, 0.2) is 5.78 Å². The molecule has 0 fully saturated rings. The first-order chi connectivity index (χ1) is 6.02. The van der Waals surface area contributed by atoms with Crippen molar-refractivity contribution in [1.29, 1.82) is 0 Å². The molecule has 1 aromatic rings. The van der Waals surface area contributed by atoms with Crippen LogP contribution in [0.4, 0.5) is 0 Å². The van der Waals surface area contributed by atoms with Crippen LogP contribution >= 0.6 is 11.6 Å². The van der Waals surface area contributed by atoms with Gasteiger partial charge in [0.25, 0.3) is 0 Å². The van der Waals surface area contributed by atoms with E-state index < -0.39 is 5.38 Å². The summed E-state index contributed by atoms with van der Waals surface area (Å²) < 4.78 is 0. The van der Waals surface area contributed by atoms with Gasteiger partial charge in [0.1, 0.15) is 0 Å². The first-order valence-corrected chi connectivity index (χ1v) is 4.71. The summed E-state index contributed by atoms with van der Waals surface area (Å²) >= 11 is 5.72. The fourth-order valence-electron chi connectivity index (χ4n) is 1.30. The van der Waals surface area contributed by atoms with Crippen LogP contribution in [0.2, 0.25) is 0 Å². The normalized spacial score (nSPS) is 12.6. The molecule has 0 aliphatic heterocycles. The highest BCUT2D eigenvalue weighted by Crippen LogP contribution is 2.14. The van der Waals surface area contributed by atoms with Gasteiger partial charge in [-0.25, -0.2) is 0 Å². The Hall–Kier alpha value is -0.820. The van der Waals surface area contributed by atoms with Crippen molar-refractivity contribution < 1.29 is 4.79 Å². The first-order valence-electron chi connectivity index (χ1n) is 4.28. The zero-order valence-electron chi connectivity index (χ0n) is 8.10. The third kappa shape index (κ3) is 2.31. The van der Waals surface area contributed by atoms with Crippen LogP contribution in [-0.4, -0.2) is 11.2 Å². The molecule has 0 N–H and O–H groups in total. The fourth-order valence-corrected chi connectivity index (χ4v) is 1.42. The van der Waals surface area contributed by atoms with Gasteiger partial charge in [-0.05, 0) is 26.3 Å². The van der Waals surface area contributed by atoms with E-state index >= 15 is 0 Å². The zero-order chi connectivity index (χ0) is 10.0. The maximum absolute atomic E-state index is 11.5. The van der Waals surface area contributed by atoms with Crippen molar-refractivity contribution in [2.24, 2.45) is 0 Å². The summed E-state index contributed by atoms with van der Waals surface area (Å²) in [5, 5.41) is -0.443. The monoisotopic (exact) mass is 196 g/mol.